The van der Waals surface area contributed by atoms with Crippen molar-refractivity contribution in [2.45, 2.75) is 27.2 Å². The van der Waals surface area contributed by atoms with Crippen molar-refractivity contribution in [3.63, 3.8) is 0 Å². The van der Waals surface area contributed by atoms with Crippen molar-refractivity contribution in [3.8, 4) is 5.75 Å². The van der Waals surface area contributed by atoms with Crippen LogP contribution < -0.4 is 9.64 Å². The first kappa shape index (κ1) is 22.7. The summed E-state index contributed by atoms with van der Waals surface area (Å²) in [5, 5.41) is 0.759. The molecule has 4 rings (SSSR count). The second kappa shape index (κ2) is 10.4. The van der Waals surface area contributed by atoms with Crippen LogP contribution in [0.2, 0.25) is 0 Å². The van der Waals surface area contributed by atoms with Gasteiger partial charge in [0.25, 0.3) is 5.91 Å². The fourth-order valence-electron chi connectivity index (χ4n) is 3.91. The Bertz CT molecular complexity index is 1060. The molecular weight excluding hydrogens is 422 g/mol. The van der Waals surface area contributed by atoms with Crippen LogP contribution in [-0.4, -0.2) is 61.8 Å². The van der Waals surface area contributed by atoms with E-state index in [9.17, 15) is 4.79 Å². The van der Waals surface area contributed by atoms with Crippen LogP contribution in [0.1, 0.15) is 34.8 Å². The standard InChI is InChI=1S/C25H31N3O3S/c1-4-31-21-9-7-20(8-10-21)24(29)28(13-5-12-27-14-16-30-17-15-27)25-26-23-19(3)18(2)6-11-22(23)32-25/h6-11H,4-5,12-17H2,1-3H3. The van der Waals surface area contributed by atoms with Gasteiger partial charge in [0.2, 0.25) is 0 Å². The van der Waals surface area contributed by atoms with Crippen molar-refractivity contribution < 1.29 is 14.3 Å². The largest absolute Gasteiger partial charge is 0.494 e. The Morgan fingerprint density at radius 2 is 1.91 bits per heavy atom. The number of nitrogens with zero attached hydrogens (tertiary/aromatic N) is 3. The van der Waals surface area contributed by atoms with Crippen LogP contribution in [0, 0.1) is 13.8 Å². The molecule has 170 valence electrons. The lowest BCUT2D eigenvalue weighted by molar-refractivity contribution is 0.0376. The summed E-state index contributed by atoms with van der Waals surface area (Å²) in [7, 11) is 0. The molecular formula is C25H31N3O3S. The summed E-state index contributed by atoms with van der Waals surface area (Å²) in [5.74, 6) is 0.748. The molecule has 1 aliphatic rings. The van der Waals surface area contributed by atoms with Crippen molar-refractivity contribution in [1.82, 2.24) is 9.88 Å². The lowest BCUT2D eigenvalue weighted by Crippen LogP contribution is -2.39. The van der Waals surface area contributed by atoms with Crippen molar-refractivity contribution in [1.29, 1.82) is 0 Å². The average molecular weight is 454 g/mol. The lowest BCUT2D eigenvalue weighted by Gasteiger charge is -2.27. The average Bonchev–Trinajstić information content (AvgIpc) is 3.25. The van der Waals surface area contributed by atoms with Crippen LogP contribution >= 0.6 is 11.3 Å². The van der Waals surface area contributed by atoms with Gasteiger partial charge in [0.15, 0.2) is 5.13 Å². The molecule has 1 aromatic heterocycles. The predicted octanol–water partition coefficient (Wildman–Crippen LogP) is 4.68. The van der Waals surface area contributed by atoms with Gasteiger partial charge in [0.1, 0.15) is 5.75 Å². The number of anilines is 1. The van der Waals surface area contributed by atoms with Crippen molar-refractivity contribution >= 4 is 32.6 Å². The van der Waals surface area contributed by atoms with Gasteiger partial charge in [0.05, 0.1) is 30.0 Å². The summed E-state index contributed by atoms with van der Waals surface area (Å²) in [5.41, 5.74) is 4.02. The number of hydrogen-bond donors (Lipinski definition) is 0. The Hall–Kier alpha value is -2.48. The van der Waals surface area contributed by atoms with E-state index >= 15 is 0 Å². The second-order valence-electron chi connectivity index (χ2n) is 8.07. The fourth-order valence-corrected chi connectivity index (χ4v) is 4.96. The molecule has 0 bridgehead atoms. The second-order valence-corrected chi connectivity index (χ2v) is 9.08. The maximum atomic E-state index is 13.5. The molecule has 1 aliphatic heterocycles. The van der Waals surface area contributed by atoms with Crippen LogP contribution in [-0.2, 0) is 4.74 Å². The molecule has 0 spiro atoms. The van der Waals surface area contributed by atoms with Crippen molar-refractivity contribution in [2.24, 2.45) is 0 Å². The minimum absolute atomic E-state index is 0.0246. The van der Waals surface area contributed by atoms with E-state index in [2.05, 4.69) is 30.9 Å². The number of rotatable bonds is 8. The summed E-state index contributed by atoms with van der Waals surface area (Å²) in [6, 6.07) is 11.6. The minimum Gasteiger partial charge on any atom is -0.494 e. The Kier molecular flexibility index (Phi) is 7.40. The van der Waals surface area contributed by atoms with Crippen molar-refractivity contribution in [2.75, 3.05) is 50.9 Å². The minimum atomic E-state index is -0.0246. The normalized spacial score (nSPS) is 14.6. The van der Waals surface area contributed by atoms with Gasteiger partial charge in [-0.05, 0) is 68.7 Å². The number of thiazole rings is 1. The highest BCUT2D eigenvalue weighted by Crippen LogP contribution is 2.33. The molecule has 1 fully saturated rings. The molecule has 2 heterocycles. The van der Waals surface area contributed by atoms with Gasteiger partial charge in [-0.3, -0.25) is 14.6 Å². The fraction of sp³-hybridized carbons (Fsp3) is 0.440. The van der Waals surface area contributed by atoms with Gasteiger partial charge in [-0.25, -0.2) is 4.98 Å². The molecule has 32 heavy (non-hydrogen) atoms. The maximum Gasteiger partial charge on any atom is 0.260 e. The smallest absolute Gasteiger partial charge is 0.260 e. The van der Waals surface area contributed by atoms with Gasteiger partial charge in [-0.15, -0.1) is 0 Å². The van der Waals surface area contributed by atoms with E-state index < -0.39 is 0 Å². The molecule has 0 saturated carbocycles. The summed E-state index contributed by atoms with van der Waals surface area (Å²) in [4.78, 5) is 22.7. The summed E-state index contributed by atoms with van der Waals surface area (Å²) >= 11 is 1.58. The highest BCUT2D eigenvalue weighted by Gasteiger charge is 2.22. The first-order valence-corrected chi connectivity index (χ1v) is 12.1. The zero-order valence-electron chi connectivity index (χ0n) is 19.1. The van der Waals surface area contributed by atoms with Crippen LogP contribution in [0.25, 0.3) is 10.2 Å². The molecule has 0 unspecified atom stereocenters. The molecule has 1 amide bonds. The van der Waals surface area contributed by atoms with Gasteiger partial charge >= 0.3 is 0 Å². The molecule has 3 aromatic rings. The molecule has 7 heteroatoms. The Labute approximate surface area is 193 Å². The summed E-state index contributed by atoms with van der Waals surface area (Å²) in [6.45, 7) is 11.8. The number of amides is 1. The predicted molar refractivity (Wildman–Crippen MR) is 130 cm³/mol. The SMILES string of the molecule is CCOc1ccc(C(=O)N(CCCN2CCOCC2)c2nc3c(C)c(C)ccc3s2)cc1. The van der Waals surface area contributed by atoms with Crippen molar-refractivity contribution in [3.05, 3.63) is 53.1 Å². The number of benzene rings is 2. The number of aromatic nitrogens is 1. The lowest BCUT2D eigenvalue weighted by atomic mass is 10.1. The number of ether oxygens (including phenoxy) is 2. The topological polar surface area (TPSA) is 54.9 Å². The summed E-state index contributed by atoms with van der Waals surface area (Å²) in [6.07, 6.45) is 0.886. The zero-order chi connectivity index (χ0) is 22.5. The Balaban J connectivity index is 1.58. The maximum absolute atomic E-state index is 13.5. The number of carbonyl (C=O) groups excluding carboxylic acids is 1. The molecule has 6 nitrogen and oxygen atoms in total. The van der Waals surface area contributed by atoms with E-state index in [1.807, 2.05) is 36.1 Å². The van der Waals surface area contributed by atoms with Gasteiger partial charge in [0, 0.05) is 31.7 Å². The Morgan fingerprint density at radius 3 is 2.62 bits per heavy atom. The molecule has 1 saturated heterocycles. The number of fused-ring (bicyclic) bond motifs is 1. The molecule has 0 aliphatic carbocycles. The van der Waals surface area contributed by atoms with Crippen LogP contribution in [0.5, 0.6) is 5.75 Å². The Morgan fingerprint density at radius 1 is 1.16 bits per heavy atom. The third kappa shape index (κ3) is 5.11. The summed E-state index contributed by atoms with van der Waals surface area (Å²) < 4.78 is 12.1. The first-order valence-electron chi connectivity index (χ1n) is 11.3. The van der Waals surface area contributed by atoms with E-state index in [-0.39, 0.29) is 5.91 Å². The van der Waals surface area contributed by atoms with Gasteiger partial charge in [-0.1, -0.05) is 17.4 Å². The van der Waals surface area contributed by atoms with E-state index in [0.29, 0.717) is 18.7 Å². The van der Waals surface area contributed by atoms with E-state index in [1.165, 1.54) is 11.1 Å². The molecule has 2 aromatic carbocycles. The number of hydrogen-bond acceptors (Lipinski definition) is 6. The van der Waals surface area contributed by atoms with E-state index in [0.717, 1.165) is 60.4 Å². The monoisotopic (exact) mass is 453 g/mol. The van der Waals surface area contributed by atoms with E-state index in [1.54, 1.807) is 11.3 Å². The third-order valence-electron chi connectivity index (χ3n) is 5.92. The first-order chi connectivity index (χ1) is 15.6. The highest BCUT2D eigenvalue weighted by atomic mass is 32.1. The van der Waals surface area contributed by atoms with Crippen LogP contribution in [0.4, 0.5) is 5.13 Å². The quantitative estimate of drug-likeness (QED) is 0.496. The van der Waals surface area contributed by atoms with Crippen LogP contribution in [0.3, 0.4) is 0 Å². The van der Waals surface area contributed by atoms with Gasteiger partial charge < -0.3 is 9.47 Å². The number of carbonyl (C=O) groups is 1. The zero-order valence-corrected chi connectivity index (χ0v) is 19.9. The highest BCUT2D eigenvalue weighted by molar-refractivity contribution is 7.22. The third-order valence-corrected chi connectivity index (χ3v) is 6.97. The number of morpholine rings is 1. The molecule has 0 N–H and O–H groups in total. The van der Waals surface area contributed by atoms with Crippen LogP contribution in [0.15, 0.2) is 36.4 Å². The molecule has 0 atom stereocenters. The molecule has 0 radical (unpaired) electrons. The number of aryl methyl sites for hydroxylation is 2. The van der Waals surface area contributed by atoms with E-state index in [4.69, 9.17) is 14.5 Å². The van der Waals surface area contributed by atoms with Gasteiger partial charge in [-0.2, -0.15) is 0 Å².